The van der Waals surface area contributed by atoms with Gasteiger partial charge in [-0.05, 0) is 56.2 Å². The fourth-order valence-electron chi connectivity index (χ4n) is 3.73. The number of hydrogen-bond donors (Lipinski definition) is 1. The fourth-order valence-corrected chi connectivity index (χ4v) is 3.73. The van der Waals surface area contributed by atoms with Gasteiger partial charge in [0.25, 0.3) is 0 Å². The SMILES string of the molecule is COc1ccc(-c2[nH]ncc2CN(Cc2ccc(C)o2)CC2CCCO2)cc1. The van der Waals surface area contributed by atoms with Crippen LogP contribution >= 0.6 is 0 Å². The molecule has 0 saturated carbocycles. The van der Waals surface area contributed by atoms with Gasteiger partial charge in [0.05, 0.1) is 31.6 Å². The van der Waals surface area contributed by atoms with Crippen molar-refractivity contribution in [3.8, 4) is 17.0 Å². The number of aryl methyl sites for hydroxylation is 1. The van der Waals surface area contributed by atoms with Crippen molar-refractivity contribution in [1.82, 2.24) is 15.1 Å². The topological polar surface area (TPSA) is 63.5 Å². The van der Waals surface area contributed by atoms with Crippen LogP contribution in [0.5, 0.6) is 5.75 Å². The summed E-state index contributed by atoms with van der Waals surface area (Å²) in [6.45, 7) is 5.25. The Kier molecular flexibility index (Phi) is 5.78. The summed E-state index contributed by atoms with van der Waals surface area (Å²) in [6.07, 6.45) is 4.45. The molecule has 148 valence electrons. The highest BCUT2D eigenvalue weighted by atomic mass is 16.5. The number of furan rings is 1. The molecule has 1 N–H and O–H groups in total. The largest absolute Gasteiger partial charge is 0.497 e. The minimum atomic E-state index is 0.285. The average Bonchev–Trinajstić information content (AvgIpc) is 3.45. The van der Waals surface area contributed by atoms with Crippen LogP contribution < -0.4 is 4.74 Å². The molecular formula is C22H27N3O3. The van der Waals surface area contributed by atoms with E-state index in [2.05, 4.69) is 33.3 Å². The molecule has 4 rings (SSSR count). The number of aromatic nitrogens is 2. The van der Waals surface area contributed by atoms with E-state index in [9.17, 15) is 0 Å². The molecule has 0 aliphatic carbocycles. The van der Waals surface area contributed by atoms with E-state index >= 15 is 0 Å². The van der Waals surface area contributed by atoms with Crippen LogP contribution in [0.4, 0.5) is 0 Å². The van der Waals surface area contributed by atoms with Gasteiger partial charge in [0, 0.05) is 30.8 Å². The van der Waals surface area contributed by atoms with Gasteiger partial charge in [0.15, 0.2) is 0 Å². The van der Waals surface area contributed by atoms with E-state index in [0.29, 0.717) is 0 Å². The molecule has 6 nitrogen and oxygen atoms in total. The summed E-state index contributed by atoms with van der Waals surface area (Å²) in [7, 11) is 1.68. The van der Waals surface area contributed by atoms with E-state index in [1.807, 2.05) is 31.3 Å². The summed E-state index contributed by atoms with van der Waals surface area (Å²) in [6, 6.07) is 12.1. The van der Waals surface area contributed by atoms with E-state index in [-0.39, 0.29) is 6.10 Å². The number of ether oxygens (including phenoxy) is 2. The molecule has 0 bridgehead atoms. The number of methoxy groups -OCH3 is 1. The molecular weight excluding hydrogens is 354 g/mol. The lowest BCUT2D eigenvalue weighted by atomic mass is 10.1. The Bertz CT molecular complexity index is 879. The Morgan fingerprint density at radius 2 is 2.04 bits per heavy atom. The molecule has 3 aromatic rings. The van der Waals surface area contributed by atoms with Gasteiger partial charge in [-0.2, -0.15) is 5.10 Å². The molecule has 1 atom stereocenters. The fraction of sp³-hybridized carbons (Fsp3) is 0.409. The summed E-state index contributed by atoms with van der Waals surface area (Å²) < 4.78 is 17.0. The number of aromatic amines is 1. The summed E-state index contributed by atoms with van der Waals surface area (Å²) in [5.41, 5.74) is 3.29. The molecule has 1 saturated heterocycles. The molecule has 1 aliphatic rings. The Hall–Kier alpha value is -2.57. The van der Waals surface area contributed by atoms with Gasteiger partial charge in [-0.3, -0.25) is 10.00 Å². The number of hydrogen-bond acceptors (Lipinski definition) is 5. The third-order valence-corrected chi connectivity index (χ3v) is 5.15. The molecule has 0 radical (unpaired) electrons. The predicted molar refractivity (Wildman–Crippen MR) is 107 cm³/mol. The third kappa shape index (κ3) is 4.46. The van der Waals surface area contributed by atoms with Crippen LogP contribution in [-0.2, 0) is 17.8 Å². The van der Waals surface area contributed by atoms with Gasteiger partial charge in [0.2, 0.25) is 0 Å². The zero-order chi connectivity index (χ0) is 19.3. The van der Waals surface area contributed by atoms with E-state index in [1.54, 1.807) is 7.11 Å². The molecule has 1 fully saturated rings. The van der Waals surface area contributed by atoms with Gasteiger partial charge in [-0.25, -0.2) is 0 Å². The predicted octanol–water partition coefficient (Wildman–Crippen LogP) is 4.17. The smallest absolute Gasteiger partial charge is 0.118 e. The van der Waals surface area contributed by atoms with Crippen LogP contribution in [0.2, 0.25) is 0 Å². The number of nitrogens with one attached hydrogen (secondary N) is 1. The number of H-pyrrole nitrogens is 1. The summed E-state index contributed by atoms with van der Waals surface area (Å²) in [4.78, 5) is 2.38. The summed E-state index contributed by atoms with van der Waals surface area (Å²) in [5.74, 6) is 2.76. The Morgan fingerprint density at radius 3 is 2.71 bits per heavy atom. The van der Waals surface area contributed by atoms with Gasteiger partial charge in [-0.1, -0.05) is 0 Å². The third-order valence-electron chi connectivity index (χ3n) is 5.15. The first kappa shape index (κ1) is 18.8. The van der Waals surface area contributed by atoms with E-state index < -0.39 is 0 Å². The molecule has 6 heteroatoms. The Morgan fingerprint density at radius 1 is 1.18 bits per heavy atom. The zero-order valence-corrected chi connectivity index (χ0v) is 16.5. The first-order valence-corrected chi connectivity index (χ1v) is 9.77. The van der Waals surface area contributed by atoms with Crippen molar-refractivity contribution in [3.05, 3.63) is 59.7 Å². The zero-order valence-electron chi connectivity index (χ0n) is 16.5. The van der Waals surface area contributed by atoms with Gasteiger partial charge < -0.3 is 13.9 Å². The minimum Gasteiger partial charge on any atom is -0.497 e. The standard InChI is InChI=1S/C22H27N3O3/c1-16-5-8-21(28-16)15-25(14-20-4-3-11-27-20)13-18-12-23-24-22(18)17-6-9-19(26-2)10-7-17/h5-10,12,20H,3-4,11,13-15H2,1-2H3,(H,23,24). The van der Waals surface area contributed by atoms with E-state index in [0.717, 1.165) is 73.2 Å². The maximum absolute atomic E-state index is 5.88. The Balaban J connectivity index is 1.53. The second-order valence-corrected chi connectivity index (χ2v) is 7.32. The first-order chi connectivity index (χ1) is 13.7. The van der Waals surface area contributed by atoms with Crippen molar-refractivity contribution < 1.29 is 13.9 Å². The van der Waals surface area contributed by atoms with Crippen LogP contribution in [0.3, 0.4) is 0 Å². The quantitative estimate of drug-likeness (QED) is 0.634. The lowest BCUT2D eigenvalue weighted by Crippen LogP contribution is -2.31. The second-order valence-electron chi connectivity index (χ2n) is 7.32. The highest BCUT2D eigenvalue weighted by Crippen LogP contribution is 2.26. The summed E-state index contributed by atoms with van der Waals surface area (Å²) >= 11 is 0. The maximum Gasteiger partial charge on any atom is 0.118 e. The van der Waals surface area contributed by atoms with Gasteiger partial charge >= 0.3 is 0 Å². The lowest BCUT2D eigenvalue weighted by molar-refractivity contribution is 0.0654. The molecule has 1 aliphatic heterocycles. The van der Waals surface area contributed by atoms with Crippen molar-refractivity contribution in [2.24, 2.45) is 0 Å². The van der Waals surface area contributed by atoms with Crippen molar-refractivity contribution in [2.45, 2.75) is 39.0 Å². The lowest BCUT2D eigenvalue weighted by Gasteiger charge is -2.24. The van der Waals surface area contributed by atoms with Crippen molar-refractivity contribution in [3.63, 3.8) is 0 Å². The van der Waals surface area contributed by atoms with Gasteiger partial charge in [-0.15, -0.1) is 0 Å². The van der Waals surface area contributed by atoms with Crippen LogP contribution in [0.15, 0.2) is 47.0 Å². The monoisotopic (exact) mass is 381 g/mol. The van der Waals surface area contributed by atoms with Crippen molar-refractivity contribution in [2.75, 3.05) is 20.3 Å². The number of nitrogens with zero attached hydrogens (tertiary/aromatic N) is 2. The highest BCUT2D eigenvalue weighted by molar-refractivity contribution is 5.63. The summed E-state index contributed by atoms with van der Waals surface area (Å²) in [5, 5.41) is 7.45. The Labute approximate surface area is 165 Å². The molecule has 2 aromatic heterocycles. The minimum absolute atomic E-state index is 0.285. The van der Waals surface area contributed by atoms with Gasteiger partial charge in [0.1, 0.15) is 17.3 Å². The van der Waals surface area contributed by atoms with Crippen LogP contribution in [-0.4, -0.2) is 41.5 Å². The van der Waals surface area contributed by atoms with Crippen molar-refractivity contribution in [1.29, 1.82) is 0 Å². The second kappa shape index (κ2) is 8.63. The average molecular weight is 381 g/mol. The highest BCUT2D eigenvalue weighted by Gasteiger charge is 2.22. The molecule has 0 spiro atoms. The number of benzene rings is 1. The molecule has 0 amide bonds. The van der Waals surface area contributed by atoms with Crippen molar-refractivity contribution >= 4 is 0 Å². The number of rotatable bonds is 8. The first-order valence-electron chi connectivity index (χ1n) is 9.77. The molecule has 1 aromatic carbocycles. The van der Waals surface area contributed by atoms with E-state index in [4.69, 9.17) is 13.9 Å². The molecule has 1 unspecified atom stereocenters. The normalized spacial score (nSPS) is 16.8. The van der Waals surface area contributed by atoms with Crippen LogP contribution in [0, 0.1) is 6.92 Å². The molecule has 3 heterocycles. The van der Waals surface area contributed by atoms with E-state index in [1.165, 1.54) is 0 Å². The molecule has 28 heavy (non-hydrogen) atoms. The maximum atomic E-state index is 5.88. The van der Waals surface area contributed by atoms with Crippen LogP contribution in [0.1, 0.15) is 29.9 Å². The van der Waals surface area contributed by atoms with Crippen LogP contribution in [0.25, 0.3) is 11.3 Å².